The molecule has 1 aromatic heterocycles. The summed E-state index contributed by atoms with van der Waals surface area (Å²) in [4.78, 5) is 23.2. The van der Waals surface area contributed by atoms with Crippen molar-refractivity contribution in [3.8, 4) is 0 Å². The Morgan fingerprint density at radius 1 is 1.37 bits per heavy atom. The molecule has 2 aliphatic rings. The molecule has 2 aliphatic heterocycles. The number of imidazole rings is 1. The summed E-state index contributed by atoms with van der Waals surface area (Å²) in [6.45, 7) is 7.05. The number of guanidine groups is 1. The number of nitrogens with zero attached hydrogens (tertiary/aromatic N) is 4. The predicted octanol–water partition coefficient (Wildman–Crippen LogP) is 2.62. The lowest BCUT2D eigenvalue weighted by atomic mass is 9.79. The number of aliphatic imine (C=N–C) groups is 1. The van der Waals surface area contributed by atoms with Crippen LogP contribution < -0.4 is 10.6 Å². The third-order valence-electron chi connectivity index (χ3n) is 5.82. The van der Waals surface area contributed by atoms with E-state index in [1.165, 1.54) is 11.1 Å². The van der Waals surface area contributed by atoms with E-state index in [4.69, 9.17) is 4.99 Å². The first-order chi connectivity index (χ1) is 14.2. The molecule has 1 amide bonds. The number of piperidine rings is 1. The molecule has 2 saturated heterocycles. The second-order valence-corrected chi connectivity index (χ2v) is 8.20. The van der Waals surface area contributed by atoms with Crippen LogP contribution in [0, 0.1) is 5.41 Å². The SMILES string of the molecule is CCNC(=NCc1cccc(Cn2ccnc2)c1)N1CCCC2(CNC(=O)C2)C1.I. The fraction of sp³-hybridized carbons (Fsp3) is 0.500. The van der Waals surface area contributed by atoms with Crippen molar-refractivity contribution in [3.63, 3.8) is 0 Å². The van der Waals surface area contributed by atoms with E-state index in [0.717, 1.165) is 51.5 Å². The Kier molecular flexibility index (Phi) is 7.74. The first kappa shape index (κ1) is 22.6. The molecule has 30 heavy (non-hydrogen) atoms. The van der Waals surface area contributed by atoms with Gasteiger partial charge in [-0.1, -0.05) is 24.3 Å². The highest BCUT2D eigenvalue weighted by Crippen LogP contribution is 2.36. The number of aromatic nitrogens is 2. The second kappa shape index (κ2) is 10.3. The van der Waals surface area contributed by atoms with Gasteiger partial charge in [0.1, 0.15) is 0 Å². The van der Waals surface area contributed by atoms with Crippen LogP contribution in [0.1, 0.15) is 37.3 Å². The number of benzene rings is 1. The van der Waals surface area contributed by atoms with Crippen LogP contribution in [0.5, 0.6) is 0 Å². The molecule has 1 atom stereocenters. The Bertz CT molecular complexity index is 868. The third-order valence-corrected chi connectivity index (χ3v) is 5.82. The second-order valence-electron chi connectivity index (χ2n) is 8.20. The highest BCUT2D eigenvalue weighted by molar-refractivity contribution is 14.0. The molecule has 2 aromatic rings. The number of rotatable bonds is 5. The van der Waals surface area contributed by atoms with Crippen LogP contribution >= 0.6 is 24.0 Å². The molecule has 8 heteroatoms. The number of hydrogen-bond acceptors (Lipinski definition) is 3. The number of hydrogen-bond donors (Lipinski definition) is 2. The summed E-state index contributed by atoms with van der Waals surface area (Å²) in [6, 6.07) is 8.57. The largest absolute Gasteiger partial charge is 0.357 e. The van der Waals surface area contributed by atoms with Crippen LogP contribution in [-0.2, 0) is 17.9 Å². The smallest absolute Gasteiger partial charge is 0.220 e. The summed E-state index contributed by atoms with van der Waals surface area (Å²) in [5, 5.41) is 6.47. The maximum atomic E-state index is 11.8. The van der Waals surface area contributed by atoms with Crippen molar-refractivity contribution < 1.29 is 4.79 Å². The molecule has 4 rings (SSSR count). The van der Waals surface area contributed by atoms with Gasteiger partial charge < -0.3 is 20.1 Å². The summed E-state index contributed by atoms with van der Waals surface area (Å²) in [5.41, 5.74) is 2.51. The molecule has 3 heterocycles. The number of carbonyl (C=O) groups excluding carboxylic acids is 1. The summed E-state index contributed by atoms with van der Waals surface area (Å²) in [6.07, 6.45) is 8.46. The first-order valence-corrected chi connectivity index (χ1v) is 10.5. The van der Waals surface area contributed by atoms with Gasteiger partial charge in [0, 0.05) is 57.0 Å². The molecule has 1 unspecified atom stereocenters. The lowest BCUT2D eigenvalue weighted by Gasteiger charge is -2.40. The van der Waals surface area contributed by atoms with Gasteiger partial charge in [0.25, 0.3) is 0 Å². The first-order valence-electron chi connectivity index (χ1n) is 10.5. The van der Waals surface area contributed by atoms with Crippen molar-refractivity contribution in [1.29, 1.82) is 0 Å². The number of halogens is 1. The van der Waals surface area contributed by atoms with Crippen LogP contribution in [0.2, 0.25) is 0 Å². The maximum absolute atomic E-state index is 11.8. The summed E-state index contributed by atoms with van der Waals surface area (Å²) in [7, 11) is 0. The van der Waals surface area contributed by atoms with Crippen LogP contribution in [0.3, 0.4) is 0 Å². The zero-order valence-corrected chi connectivity index (χ0v) is 19.8. The summed E-state index contributed by atoms with van der Waals surface area (Å²) >= 11 is 0. The molecule has 1 aromatic carbocycles. The van der Waals surface area contributed by atoms with E-state index in [-0.39, 0.29) is 35.3 Å². The molecule has 2 N–H and O–H groups in total. The van der Waals surface area contributed by atoms with Crippen molar-refractivity contribution in [2.75, 3.05) is 26.2 Å². The summed E-state index contributed by atoms with van der Waals surface area (Å²) in [5.74, 6) is 1.13. The van der Waals surface area contributed by atoms with E-state index in [1.807, 2.05) is 12.5 Å². The van der Waals surface area contributed by atoms with Crippen molar-refractivity contribution in [2.24, 2.45) is 10.4 Å². The van der Waals surface area contributed by atoms with Gasteiger partial charge in [-0.15, -0.1) is 24.0 Å². The Balaban J connectivity index is 0.00000256. The summed E-state index contributed by atoms with van der Waals surface area (Å²) < 4.78 is 2.07. The van der Waals surface area contributed by atoms with Crippen molar-refractivity contribution in [3.05, 3.63) is 54.1 Å². The molecule has 162 valence electrons. The third kappa shape index (κ3) is 5.53. The van der Waals surface area contributed by atoms with Crippen LogP contribution in [0.15, 0.2) is 48.0 Å². The van der Waals surface area contributed by atoms with Gasteiger partial charge >= 0.3 is 0 Å². The zero-order chi connectivity index (χ0) is 20.1. The lowest BCUT2D eigenvalue weighted by molar-refractivity contribution is -0.119. The molecular weight excluding hydrogens is 491 g/mol. The fourth-order valence-corrected chi connectivity index (χ4v) is 4.44. The Labute approximate surface area is 195 Å². The molecular formula is C22H31IN6O. The highest BCUT2D eigenvalue weighted by Gasteiger charge is 2.42. The number of amides is 1. The van der Waals surface area contributed by atoms with Crippen LogP contribution in [0.25, 0.3) is 0 Å². The van der Waals surface area contributed by atoms with E-state index in [0.29, 0.717) is 13.0 Å². The number of carbonyl (C=O) groups is 1. The standard InChI is InChI=1S/C22H30N6O.HI/c1-2-24-21(28-9-4-7-22(16-28)12-20(29)26-15-22)25-13-18-5-3-6-19(11-18)14-27-10-8-23-17-27;/h3,5-6,8,10-11,17H,2,4,7,9,12-16H2,1H3,(H,24,25)(H,26,29);1H. The quantitative estimate of drug-likeness (QED) is 0.360. The highest BCUT2D eigenvalue weighted by atomic mass is 127. The minimum Gasteiger partial charge on any atom is -0.357 e. The van der Waals surface area contributed by atoms with Crippen LogP contribution in [0.4, 0.5) is 0 Å². The Hall–Kier alpha value is -2.10. The normalized spacial score (nSPS) is 21.4. The average Bonchev–Trinajstić information content (AvgIpc) is 3.35. The van der Waals surface area contributed by atoms with Gasteiger partial charge in [-0.3, -0.25) is 4.79 Å². The van der Waals surface area contributed by atoms with Crippen molar-refractivity contribution in [1.82, 2.24) is 25.1 Å². The molecule has 2 fully saturated rings. The van der Waals surface area contributed by atoms with Gasteiger partial charge in [0.15, 0.2) is 5.96 Å². The Morgan fingerprint density at radius 3 is 2.97 bits per heavy atom. The minimum absolute atomic E-state index is 0. The van der Waals surface area contributed by atoms with Crippen LogP contribution in [-0.4, -0.2) is 52.5 Å². The lowest BCUT2D eigenvalue weighted by Crippen LogP contribution is -2.51. The van der Waals surface area contributed by atoms with Crippen molar-refractivity contribution >= 4 is 35.8 Å². The zero-order valence-electron chi connectivity index (χ0n) is 17.5. The Morgan fingerprint density at radius 2 is 2.23 bits per heavy atom. The topological polar surface area (TPSA) is 74.6 Å². The molecule has 0 aliphatic carbocycles. The average molecular weight is 522 g/mol. The molecule has 7 nitrogen and oxygen atoms in total. The fourth-order valence-electron chi connectivity index (χ4n) is 4.44. The monoisotopic (exact) mass is 522 g/mol. The van der Waals surface area contributed by atoms with Gasteiger partial charge in [0.05, 0.1) is 12.9 Å². The molecule has 0 bridgehead atoms. The van der Waals surface area contributed by atoms with E-state index in [2.05, 4.69) is 56.3 Å². The molecule has 1 spiro atoms. The maximum Gasteiger partial charge on any atom is 0.220 e. The van der Waals surface area contributed by atoms with Gasteiger partial charge in [-0.2, -0.15) is 0 Å². The predicted molar refractivity (Wildman–Crippen MR) is 129 cm³/mol. The molecule has 0 saturated carbocycles. The van der Waals surface area contributed by atoms with E-state index < -0.39 is 0 Å². The van der Waals surface area contributed by atoms with Crippen molar-refractivity contribution in [2.45, 2.75) is 39.3 Å². The van der Waals surface area contributed by atoms with Gasteiger partial charge in [0.2, 0.25) is 5.91 Å². The number of nitrogens with one attached hydrogen (secondary N) is 2. The molecule has 0 radical (unpaired) electrons. The van der Waals surface area contributed by atoms with Gasteiger partial charge in [-0.25, -0.2) is 9.98 Å². The van der Waals surface area contributed by atoms with E-state index in [9.17, 15) is 4.79 Å². The van der Waals surface area contributed by atoms with E-state index in [1.54, 1.807) is 6.20 Å². The van der Waals surface area contributed by atoms with Gasteiger partial charge in [-0.05, 0) is 30.9 Å². The van der Waals surface area contributed by atoms with E-state index >= 15 is 0 Å². The minimum atomic E-state index is 0. The number of likely N-dealkylation sites (tertiary alicyclic amines) is 1.